The van der Waals surface area contributed by atoms with E-state index >= 15 is 0 Å². The summed E-state index contributed by atoms with van der Waals surface area (Å²) < 4.78 is 17.9. The van der Waals surface area contributed by atoms with Gasteiger partial charge >= 0.3 is 5.97 Å². The Balaban J connectivity index is 1.54. The Labute approximate surface area is 187 Å². The molecule has 1 fully saturated rings. The molecular weight excluding hydrogens is 388 g/mol. The lowest BCUT2D eigenvalue weighted by Gasteiger charge is -2.40. The molecule has 0 N–H and O–H groups in total. The molecule has 0 unspecified atom stereocenters. The Hall–Kier alpha value is -2.17. The summed E-state index contributed by atoms with van der Waals surface area (Å²) in [4.78, 5) is 11.7. The van der Waals surface area contributed by atoms with Gasteiger partial charge in [0.25, 0.3) is 0 Å². The SMILES string of the molecule is CC[C@@H]1C=CC(=O)O[C@@H]1[C@H](C)CC[C@@H]1C[C@@H](/C=C/C=C/c2ccccc2)OC(C)(C)O1. The largest absolute Gasteiger partial charge is 0.458 e. The monoisotopic (exact) mass is 424 g/mol. The van der Waals surface area contributed by atoms with Gasteiger partial charge in [-0.25, -0.2) is 4.79 Å². The van der Waals surface area contributed by atoms with Gasteiger partial charge in [0.1, 0.15) is 6.10 Å². The highest BCUT2D eigenvalue weighted by Crippen LogP contribution is 2.33. The third kappa shape index (κ3) is 7.19. The standard InChI is InChI=1S/C27H36O4/c1-5-22-16-18-25(28)29-26(22)20(2)15-17-24-19-23(30-27(3,4)31-24)14-10-9-13-21-11-7-6-8-12-21/h6-14,16,18,20,22-24,26H,5,15,17,19H2,1-4H3/b13-9+,14-10+/t20-,22-,23-,24-,26-/m1/s1. The van der Waals surface area contributed by atoms with Gasteiger partial charge in [-0.3, -0.25) is 0 Å². The van der Waals surface area contributed by atoms with Crippen LogP contribution in [0.2, 0.25) is 0 Å². The van der Waals surface area contributed by atoms with Crippen molar-refractivity contribution in [3.05, 3.63) is 66.3 Å². The van der Waals surface area contributed by atoms with Gasteiger partial charge in [0.05, 0.1) is 12.2 Å². The van der Waals surface area contributed by atoms with Crippen LogP contribution < -0.4 is 0 Å². The minimum Gasteiger partial charge on any atom is -0.458 e. The maximum absolute atomic E-state index is 11.7. The van der Waals surface area contributed by atoms with Crippen molar-refractivity contribution in [2.75, 3.05) is 0 Å². The van der Waals surface area contributed by atoms with Crippen molar-refractivity contribution in [3.8, 4) is 0 Å². The lowest BCUT2D eigenvalue weighted by atomic mass is 9.85. The Morgan fingerprint density at radius 1 is 1.16 bits per heavy atom. The summed E-state index contributed by atoms with van der Waals surface area (Å²) in [6, 6.07) is 10.2. The summed E-state index contributed by atoms with van der Waals surface area (Å²) in [5.74, 6) is -0.252. The summed E-state index contributed by atoms with van der Waals surface area (Å²) >= 11 is 0. The predicted octanol–water partition coefficient (Wildman–Crippen LogP) is 6.09. The molecule has 3 rings (SSSR count). The van der Waals surface area contributed by atoms with Gasteiger partial charge in [0.2, 0.25) is 0 Å². The molecule has 0 spiro atoms. The van der Waals surface area contributed by atoms with Gasteiger partial charge in [0.15, 0.2) is 5.79 Å². The van der Waals surface area contributed by atoms with Crippen LogP contribution >= 0.6 is 0 Å². The number of rotatable bonds is 8. The van der Waals surface area contributed by atoms with Crippen LogP contribution in [0.1, 0.15) is 58.9 Å². The maximum Gasteiger partial charge on any atom is 0.330 e. The first kappa shape index (κ1) is 23.5. The van der Waals surface area contributed by atoms with Crippen molar-refractivity contribution < 1.29 is 19.0 Å². The van der Waals surface area contributed by atoms with Crippen LogP contribution in [0.5, 0.6) is 0 Å². The van der Waals surface area contributed by atoms with E-state index in [1.807, 2.05) is 44.2 Å². The highest BCUT2D eigenvalue weighted by molar-refractivity contribution is 5.83. The number of hydrogen-bond donors (Lipinski definition) is 0. The molecule has 1 saturated heterocycles. The van der Waals surface area contributed by atoms with E-state index in [4.69, 9.17) is 14.2 Å². The van der Waals surface area contributed by atoms with Crippen LogP contribution in [0.25, 0.3) is 6.08 Å². The van der Waals surface area contributed by atoms with Gasteiger partial charge in [0, 0.05) is 18.4 Å². The van der Waals surface area contributed by atoms with E-state index in [9.17, 15) is 4.79 Å². The maximum atomic E-state index is 11.7. The molecule has 2 aliphatic rings. The molecule has 168 valence electrons. The summed E-state index contributed by atoms with van der Waals surface area (Å²) in [6.45, 7) is 8.27. The van der Waals surface area contributed by atoms with E-state index in [2.05, 4.69) is 44.2 Å². The van der Waals surface area contributed by atoms with Crippen LogP contribution in [-0.4, -0.2) is 30.1 Å². The Bertz CT molecular complexity index is 793. The lowest BCUT2D eigenvalue weighted by molar-refractivity contribution is -0.291. The molecule has 0 aromatic heterocycles. The molecule has 2 heterocycles. The average Bonchev–Trinajstić information content (AvgIpc) is 2.75. The minimum atomic E-state index is -0.615. The quantitative estimate of drug-likeness (QED) is 0.374. The smallest absolute Gasteiger partial charge is 0.330 e. The van der Waals surface area contributed by atoms with Gasteiger partial charge in [-0.2, -0.15) is 0 Å². The number of benzene rings is 1. The van der Waals surface area contributed by atoms with Gasteiger partial charge in [-0.1, -0.05) is 74.6 Å². The summed E-state index contributed by atoms with van der Waals surface area (Å²) in [5.41, 5.74) is 1.18. The number of cyclic esters (lactones) is 1. The molecular formula is C27H36O4. The van der Waals surface area contributed by atoms with Crippen LogP contribution in [0.3, 0.4) is 0 Å². The van der Waals surface area contributed by atoms with E-state index in [0.717, 1.165) is 25.7 Å². The number of esters is 1. The molecule has 0 aliphatic carbocycles. The first-order valence-electron chi connectivity index (χ1n) is 11.5. The summed E-state index contributed by atoms with van der Waals surface area (Å²) in [7, 11) is 0. The first-order chi connectivity index (χ1) is 14.9. The summed E-state index contributed by atoms with van der Waals surface area (Å²) in [5, 5.41) is 0. The third-order valence-corrected chi connectivity index (χ3v) is 6.04. The van der Waals surface area contributed by atoms with Crippen molar-refractivity contribution in [2.24, 2.45) is 11.8 Å². The van der Waals surface area contributed by atoms with Crippen LogP contribution in [0.4, 0.5) is 0 Å². The second kappa shape index (κ2) is 10.9. The van der Waals surface area contributed by atoms with Crippen LogP contribution in [0, 0.1) is 11.8 Å². The van der Waals surface area contributed by atoms with E-state index < -0.39 is 5.79 Å². The van der Waals surface area contributed by atoms with Crippen LogP contribution in [0.15, 0.2) is 60.7 Å². The van der Waals surface area contributed by atoms with E-state index in [1.165, 1.54) is 5.56 Å². The highest BCUT2D eigenvalue weighted by atomic mass is 16.7. The molecule has 4 heteroatoms. The zero-order valence-electron chi connectivity index (χ0n) is 19.2. The molecule has 31 heavy (non-hydrogen) atoms. The van der Waals surface area contributed by atoms with Gasteiger partial charge < -0.3 is 14.2 Å². The molecule has 2 aliphatic heterocycles. The third-order valence-electron chi connectivity index (χ3n) is 6.04. The molecule has 4 nitrogen and oxygen atoms in total. The topological polar surface area (TPSA) is 44.8 Å². The average molecular weight is 425 g/mol. The fraction of sp³-hybridized carbons (Fsp3) is 0.519. The molecule has 5 atom stereocenters. The predicted molar refractivity (Wildman–Crippen MR) is 124 cm³/mol. The number of ether oxygens (including phenoxy) is 3. The van der Waals surface area contributed by atoms with E-state index in [0.29, 0.717) is 5.92 Å². The molecule has 0 radical (unpaired) electrons. The van der Waals surface area contributed by atoms with Crippen LogP contribution in [-0.2, 0) is 19.0 Å². The second-order valence-electron chi connectivity index (χ2n) is 9.07. The lowest BCUT2D eigenvalue weighted by Crippen LogP contribution is -2.44. The summed E-state index contributed by atoms with van der Waals surface area (Å²) in [6.07, 6.45) is 15.6. The zero-order valence-corrected chi connectivity index (χ0v) is 19.2. The normalized spacial score (nSPS) is 29.4. The number of carbonyl (C=O) groups excluding carboxylic acids is 1. The van der Waals surface area contributed by atoms with Crippen molar-refractivity contribution in [1.82, 2.24) is 0 Å². The fourth-order valence-electron chi connectivity index (χ4n) is 4.45. The number of hydrogen-bond acceptors (Lipinski definition) is 4. The molecule has 1 aromatic carbocycles. The number of allylic oxidation sites excluding steroid dienone is 2. The fourth-order valence-corrected chi connectivity index (χ4v) is 4.45. The Morgan fingerprint density at radius 2 is 1.94 bits per heavy atom. The van der Waals surface area contributed by atoms with Crippen molar-refractivity contribution >= 4 is 12.0 Å². The van der Waals surface area contributed by atoms with Gasteiger partial charge in [-0.15, -0.1) is 0 Å². The van der Waals surface area contributed by atoms with Crippen molar-refractivity contribution in [1.29, 1.82) is 0 Å². The van der Waals surface area contributed by atoms with Crippen molar-refractivity contribution in [3.63, 3.8) is 0 Å². The molecule has 0 bridgehead atoms. The van der Waals surface area contributed by atoms with Crippen molar-refractivity contribution in [2.45, 2.75) is 77.5 Å². The first-order valence-corrected chi connectivity index (χ1v) is 11.5. The van der Waals surface area contributed by atoms with E-state index in [1.54, 1.807) is 6.08 Å². The molecule has 0 amide bonds. The minimum absolute atomic E-state index is 0.0170. The zero-order chi connectivity index (χ0) is 22.3. The van der Waals surface area contributed by atoms with Gasteiger partial charge in [-0.05, 0) is 44.6 Å². The Kier molecular flexibility index (Phi) is 8.28. The Morgan fingerprint density at radius 3 is 2.68 bits per heavy atom. The molecule has 0 saturated carbocycles. The number of carbonyl (C=O) groups is 1. The highest BCUT2D eigenvalue weighted by Gasteiger charge is 2.36. The molecule has 1 aromatic rings. The second-order valence-corrected chi connectivity index (χ2v) is 9.07. The van der Waals surface area contributed by atoms with E-state index in [-0.39, 0.29) is 30.2 Å².